The first-order valence-electron chi connectivity index (χ1n) is 7.45. The number of benzene rings is 1. The molecule has 0 bridgehead atoms. The molecule has 0 saturated heterocycles. The highest BCUT2D eigenvalue weighted by Gasteiger charge is 2.13. The lowest BCUT2D eigenvalue weighted by Crippen LogP contribution is -2.32. The summed E-state index contributed by atoms with van der Waals surface area (Å²) >= 11 is 0. The highest BCUT2D eigenvalue weighted by atomic mass is 16.1. The van der Waals surface area contributed by atoms with Crippen LogP contribution in [0.3, 0.4) is 0 Å². The molecule has 1 aromatic carbocycles. The predicted octanol–water partition coefficient (Wildman–Crippen LogP) is 4.11. The van der Waals surface area contributed by atoms with E-state index in [0.717, 1.165) is 35.2 Å². The third-order valence-corrected chi connectivity index (χ3v) is 3.64. The third kappa shape index (κ3) is 3.62. The van der Waals surface area contributed by atoms with Crippen LogP contribution >= 0.6 is 0 Å². The number of amides is 1. The van der Waals surface area contributed by atoms with Gasteiger partial charge in [0.2, 0.25) is 0 Å². The Bertz CT molecular complexity index is 571. The van der Waals surface area contributed by atoms with E-state index in [1.54, 1.807) is 0 Å². The SMILES string of the molecule is CC(C)CCCC(C)NC(=O)c1cccc2[nH]ccc12. The van der Waals surface area contributed by atoms with Gasteiger partial charge >= 0.3 is 0 Å². The molecule has 2 N–H and O–H groups in total. The number of aromatic amines is 1. The van der Waals surface area contributed by atoms with Crippen molar-refractivity contribution in [1.29, 1.82) is 0 Å². The average Bonchev–Trinajstić information content (AvgIpc) is 2.85. The van der Waals surface area contributed by atoms with E-state index in [1.165, 1.54) is 6.42 Å². The molecule has 108 valence electrons. The van der Waals surface area contributed by atoms with Crippen LogP contribution in [0.5, 0.6) is 0 Å². The van der Waals surface area contributed by atoms with Crippen molar-refractivity contribution in [3.05, 3.63) is 36.0 Å². The largest absolute Gasteiger partial charge is 0.361 e. The maximum Gasteiger partial charge on any atom is 0.252 e. The van der Waals surface area contributed by atoms with Gasteiger partial charge in [-0.3, -0.25) is 4.79 Å². The topological polar surface area (TPSA) is 44.9 Å². The second-order valence-electron chi connectivity index (χ2n) is 5.94. The fourth-order valence-corrected chi connectivity index (χ4v) is 2.49. The summed E-state index contributed by atoms with van der Waals surface area (Å²) in [6, 6.07) is 7.95. The van der Waals surface area contributed by atoms with E-state index in [9.17, 15) is 4.79 Å². The van der Waals surface area contributed by atoms with E-state index in [0.29, 0.717) is 0 Å². The molecule has 3 nitrogen and oxygen atoms in total. The fourth-order valence-electron chi connectivity index (χ4n) is 2.49. The molecule has 0 aliphatic carbocycles. The normalized spacial score (nSPS) is 12.8. The summed E-state index contributed by atoms with van der Waals surface area (Å²) in [6.07, 6.45) is 5.28. The number of rotatable bonds is 6. The quantitative estimate of drug-likeness (QED) is 0.816. The lowest BCUT2D eigenvalue weighted by Gasteiger charge is -2.15. The predicted molar refractivity (Wildman–Crippen MR) is 83.9 cm³/mol. The highest BCUT2D eigenvalue weighted by molar-refractivity contribution is 6.06. The van der Waals surface area contributed by atoms with E-state index in [1.807, 2.05) is 30.5 Å². The first kappa shape index (κ1) is 14.6. The van der Waals surface area contributed by atoms with Gasteiger partial charge < -0.3 is 10.3 Å². The number of nitrogens with one attached hydrogen (secondary N) is 2. The third-order valence-electron chi connectivity index (χ3n) is 3.64. The van der Waals surface area contributed by atoms with Crippen molar-refractivity contribution in [1.82, 2.24) is 10.3 Å². The lowest BCUT2D eigenvalue weighted by molar-refractivity contribution is 0.0939. The first-order valence-corrected chi connectivity index (χ1v) is 7.45. The van der Waals surface area contributed by atoms with Crippen molar-refractivity contribution in [2.45, 2.75) is 46.1 Å². The van der Waals surface area contributed by atoms with Gasteiger partial charge in [0, 0.05) is 28.7 Å². The van der Waals surface area contributed by atoms with E-state index in [4.69, 9.17) is 0 Å². The Hall–Kier alpha value is -1.77. The van der Waals surface area contributed by atoms with Gasteiger partial charge in [0.05, 0.1) is 0 Å². The van der Waals surface area contributed by atoms with Crippen LogP contribution < -0.4 is 5.32 Å². The van der Waals surface area contributed by atoms with Gasteiger partial charge in [0.25, 0.3) is 5.91 Å². The first-order chi connectivity index (χ1) is 9.58. The van der Waals surface area contributed by atoms with Gasteiger partial charge in [0.15, 0.2) is 0 Å². The molecule has 1 heterocycles. The average molecular weight is 272 g/mol. The molecule has 0 aliphatic rings. The number of carbonyl (C=O) groups is 1. The van der Waals surface area contributed by atoms with Gasteiger partial charge in [0.1, 0.15) is 0 Å². The van der Waals surface area contributed by atoms with Crippen molar-refractivity contribution < 1.29 is 4.79 Å². The molecule has 2 rings (SSSR count). The Morgan fingerprint density at radius 2 is 2.00 bits per heavy atom. The van der Waals surface area contributed by atoms with Crippen LogP contribution in [0.1, 0.15) is 50.4 Å². The molecule has 2 aromatic rings. The number of H-pyrrole nitrogens is 1. The summed E-state index contributed by atoms with van der Waals surface area (Å²) in [4.78, 5) is 15.5. The minimum absolute atomic E-state index is 0.0206. The van der Waals surface area contributed by atoms with Crippen LogP contribution in [-0.2, 0) is 0 Å². The molecule has 1 atom stereocenters. The zero-order chi connectivity index (χ0) is 14.5. The van der Waals surface area contributed by atoms with Crippen molar-refractivity contribution in [3.63, 3.8) is 0 Å². The molecule has 0 spiro atoms. The van der Waals surface area contributed by atoms with Crippen LogP contribution in [0.15, 0.2) is 30.5 Å². The molecule has 3 heteroatoms. The Kier molecular flexibility index (Phi) is 4.83. The molecule has 0 radical (unpaired) electrons. The number of carbonyl (C=O) groups excluding carboxylic acids is 1. The maximum atomic E-state index is 12.3. The number of hydrogen-bond donors (Lipinski definition) is 2. The number of hydrogen-bond acceptors (Lipinski definition) is 1. The van der Waals surface area contributed by atoms with Crippen molar-refractivity contribution in [2.75, 3.05) is 0 Å². The highest BCUT2D eigenvalue weighted by Crippen LogP contribution is 2.17. The van der Waals surface area contributed by atoms with Crippen LogP contribution in [0.2, 0.25) is 0 Å². The van der Waals surface area contributed by atoms with Gasteiger partial charge in [-0.1, -0.05) is 32.8 Å². The summed E-state index contributed by atoms with van der Waals surface area (Å²) in [5, 5.41) is 4.08. The smallest absolute Gasteiger partial charge is 0.252 e. The van der Waals surface area contributed by atoms with Crippen LogP contribution in [0.4, 0.5) is 0 Å². The summed E-state index contributed by atoms with van der Waals surface area (Å²) in [5.41, 5.74) is 1.75. The van der Waals surface area contributed by atoms with Crippen molar-refractivity contribution >= 4 is 16.8 Å². The molecular formula is C17H24N2O. The van der Waals surface area contributed by atoms with E-state index in [2.05, 4.69) is 31.1 Å². The summed E-state index contributed by atoms with van der Waals surface area (Å²) in [5.74, 6) is 0.749. The van der Waals surface area contributed by atoms with Crippen LogP contribution in [-0.4, -0.2) is 16.9 Å². The van der Waals surface area contributed by atoms with E-state index < -0.39 is 0 Å². The second kappa shape index (κ2) is 6.60. The maximum absolute atomic E-state index is 12.3. The van der Waals surface area contributed by atoms with Gasteiger partial charge in [-0.15, -0.1) is 0 Å². The molecule has 1 amide bonds. The molecule has 0 saturated carbocycles. The van der Waals surface area contributed by atoms with Crippen LogP contribution in [0, 0.1) is 5.92 Å². The minimum Gasteiger partial charge on any atom is -0.361 e. The minimum atomic E-state index is 0.0206. The lowest BCUT2D eigenvalue weighted by atomic mass is 10.0. The summed E-state index contributed by atoms with van der Waals surface area (Å²) < 4.78 is 0. The standard InChI is InChI=1S/C17H24N2O/c1-12(2)6-4-7-13(3)19-17(20)15-8-5-9-16-14(15)10-11-18-16/h5,8-13,18H,4,6-7H2,1-3H3,(H,19,20). The zero-order valence-corrected chi connectivity index (χ0v) is 12.6. The van der Waals surface area contributed by atoms with Crippen molar-refractivity contribution in [2.24, 2.45) is 5.92 Å². The Morgan fingerprint density at radius 3 is 2.75 bits per heavy atom. The molecule has 20 heavy (non-hydrogen) atoms. The number of fused-ring (bicyclic) bond motifs is 1. The van der Waals surface area contributed by atoms with E-state index >= 15 is 0 Å². The van der Waals surface area contributed by atoms with Gasteiger partial charge in [-0.05, 0) is 37.5 Å². The van der Waals surface area contributed by atoms with Gasteiger partial charge in [-0.2, -0.15) is 0 Å². The number of aromatic nitrogens is 1. The molecule has 1 aromatic heterocycles. The molecule has 0 aliphatic heterocycles. The van der Waals surface area contributed by atoms with Crippen LogP contribution in [0.25, 0.3) is 10.9 Å². The molecule has 1 unspecified atom stereocenters. The Balaban J connectivity index is 1.96. The van der Waals surface area contributed by atoms with Gasteiger partial charge in [-0.25, -0.2) is 0 Å². The molecule has 0 fully saturated rings. The second-order valence-corrected chi connectivity index (χ2v) is 5.94. The summed E-state index contributed by atoms with van der Waals surface area (Å²) in [6.45, 7) is 6.54. The summed E-state index contributed by atoms with van der Waals surface area (Å²) in [7, 11) is 0. The fraction of sp³-hybridized carbons (Fsp3) is 0.471. The van der Waals surface area contributed by atoms with Crippen molar-refractivity contribution in [3.8, 4) is 0 Å². The zero-order valence-electron chi connectivity index (χ0n) is 12.6. The monoisotopic (exact) mass is 272 g/mol. The molecular weight excluding hydrogens is 248 g/mol. The Morgan fingerprint density at radius 1 is 1.20 bits per heavy atom. The van der Waals surface area contributed by atoms with E-state index in [-0.39, 0.29) is 11.9 Å². The Labute approximate surface area is 120 Å².